The van der Waals surface area contributed by atoms with Gasteiger partial charge in [-0.2, -0.15) is 51.3 Å². The van der Waals surface area contributed by atoms with E-state index < -0.39 is 17.1 Å². The number of rotatable bonds is 9. The fourth-order valence-electron chi connectivity index (χ4n) is 1.94. The topological polar surface area (TPSA) is 66.0 Å². The van der Waals surface area contributed by atoms with Crippen LogP contribution in [0.1, 0.15) is 22.2 Å². The summed E-state index contributed by atoms with van der Waals surface area (Å²) in [5.41, 5.74) is -1.64. The van der Waals surface area contributed by atoms with Gasteiger partial charge < -0.3 is 0 Å². The van der Waals surface area contributed by atoms with Crippen molar-refractivity contribution in [1.82, 2.24) is 13.7 Å². The Hall–Kier alpha value is -0.190. The Bertz CT molecular complexity index is 521. The zero-order chi connectivity index (χ0) is 19.8. The Balaban J connectivity index is 0. The fourth-order valence-corrected chi connectivity index (χ4v) is 2.37. The second kappa shape index (κ2) is 11.4. The molecule has 0 atom stereocenters. The summed E-state index contributed by atoms with van der Waals surface area (Å²) in [7, 11) is 0. The highest BCUT2D eigenvalue weighted by Gasteiger charge is 2.14. The zero-order valence-corrected chi connectivity index (χ0v) is 15.8. The van der Waals surface area contributed by atoms with Gasteiger partial charge in [0.05, 0.1) is 1.12 Å². The van der Waals surface area contributed by atoms with Crippen molar-refractivity contribution in [2.24, 2.45) is 0 Å². The van der Waals surface area contributed by atoms with E-state index in [0.29, 0.717) is 36.5 Å². The highest BCUT2D eigenvalue weighted by Crippen LogP contribution is 1.90. The predicted molar refractivity (Wildman–Crippen MR) is 107 cm³/mol. The molecule has 0 fully saturated rings. The Morgan fingerprint density at radius 1 is 0.773 bits per heavy atom. The van der Waals surface area contributed by atoms with E-state index >= 15 is 0 Å². The summed E-state index contributed by atoms with van der Waals surface area (Å²) in [6.07, 6.45) is 1.78. The molecule has 0 spiro atoms. The van der Waals surface area contributed by atoms with Crippen LogP contribution >= 0.6 is 51.3 Å². The third kappa shape index (κ3) is 5.47. The highest BCUT2D eigenvalue weighted by molar-refractivity contribution is 7.80. The van der Waals surface area contributed by atoms with Gasteiger partial charge in [0.1, 0.15) is 0 Å². The van der Waals surface area contributed by atoms with E-state index in [1.165, 1.54) is 0 Å². The largest absolute Gasteiger partial charge is 0.336 e. The summed E-state index contributed by atoms with van der Waals surface area (Å²) >= 11 is 15.1. The summed E-state index contributed by atoms with van der Waals surface area (Å²) in [6.45, 7) is 0.801. The number of thiol groups is 3. The van der Waals surface area contributed by atoms with E-state index in [4.69, 9.17) is 4.09 Å². The lowest BCUT2D eigenvalue weighted by molar-refractivity contribution is 0.440. The molecule has 10 heteroatoms. The molecule has 0 radical (unpaired) electrons. The lowest BCUT2D eigenvalue weighted by Gasteiger charge is -2.13. The summed E-state index contributed by atoms with van der Waals surface area (Å²) < 4.78 is 18.8. The minimum absolute atomic E-state index is 0.267. The first kappa shape index (κ1) is 18.2. The van der Waals surface area contributed by atoms with Gasteiger partial charge in [0.25, 0.3) is 0 Å². The molecule has 1 aromatic heterocycles. The van der Waals surface area contributed by atoms with E-state index in [1.54, 1.807) is 0 Å². The molecular formula is C12H25N3O3S4. The predicted octanol–water partition coefficient (Wildman–Crippen LogP) is 0.490. The van der Waals surface area contributed by atoms with Crippen LogP contribution in [0.3, 0.4) is 0 Å². The van der Waals surface area contributed by atoms with Crippen LogP contribution < -0.4 is 17.1 Å². The minimum Gasteiger partial charge on any atom is -0.247 e. The second-order valence-electron chi connectivity index (χ2n) is 4.53. The number of hydrogen-bond donors (Lipinski definition) is 3. The summed E-state index contributed by atoms with van der Waals surface area (Å²) in [5.74, 6) is 1.70. The number of hydrogen-bond acceptors (Lipinski definition) is 6. The van der Waals surface area contributed by atoms with Gasteiger partial charge in [0.2, 0.25) is 0 Å². The average Bonchev–Trinajstić information content (AvgIpc) is 2.65. The zero-order valence-electron chi connectivity index (χ0n) is 15.2. The molecule has 0 saturated carbocycles. The quantitative estimate of drug-likeness (QED) is 0.535. The van der Waals surface area contributed by atoms with Crippen molar-refractivity contribution in [3.8, 4) is 0 Å². The lowest BCUT2D eigenvalue weighted by atomic mass is 10.4. The summed E-state index contributed by atoms with van der Waals surface area (Å²) in [4.78, 5) is 36.9. The maximum absolute atomic E-state index is 12.3. The molecule has 1 rings (SSSR count). The van der Waals surface area contributed by atoms with Gasteiger partial charge in [-0.05, 0) is 36.5 Å². The first-order chi connectivity index (χ1) is 12.1. The lowest BCUT2D eigenvalue weighted by Crippen LogP contribution is -2.54. The van der Waals surface area contributed by atoms with Crippen molar-refractivity contribution in [3.63, 3.8) is 0 Å². The standard InChI is InChI=1S/C12H21N3O3S3.H2S.H2/c16-10-13(4-1-7-19)11(17)15(6-3-9-21)12(18)14(10)5-2-8-20;;/h19-21H,1-9H2;1H2;1H/i;;1+2T/hT. The van der Waals surface area contributed by atoms with E-state index in [1.807, 2.05) is 0 Å². The van der Waals surface area contributed by atoms with Crippen molar-refractivity contribution in [2.45, 2.75) is 38.9 Å². The van der Waals surface area contributed by atoms with Gasteiger partial charge >= 0.3 is 17.1 Å². The van der Waals surface area contributed by atoms with Gasteiger partial charge in [0, 0.05) is 22.6 Å². The molecule has 1 heterocycles. The van der Waals surface area contributed by atoms with Gasteiger partial charge in [0.15, 0.2) is 0 Å². The van der Waals surface area contributed by atoms with Crippen molar-refractivity contribution < 1.29 is 2.97 Å². The normalized spacial score (nSPS) is 11.2. The molecule has 0 aliphatic rings. The summed E-state index contributed by atoms with van der Waals surface area (Å²) in [5, 5.41) is 0. The van der Waals surface area contributed by atoms with E-state index in [2.05, 4.69) is 51.3 Å². The molecule has 0 aliphatic carbocycles. The van der Waals surface area contributed by atoms with Crippen molar-refractivity contribution in [3.05, 3.63) is 31.5 Å². The molecule has 0 bridgehead atoms. The van der Waals surface area contributed by atoms with E-state index in [9.17, 15) is 14.4 Å². The van der Waals surface area contributed by atoms with Gasteiger partial charge in [-0.25, -0.2) is 28.1 Å². The van der Waals surface area contributed by atoms with Crippen LogP contribution in [0.15, 0.2) is 14.4 Å². The van der Waals surface area contributed by atoms with Crippen LogP contribution in [0.5, 0.6) is 0 Å². The molecular weight excluding hydrogens is 362 g/mol. The highest BCUT2D eigenvalue weighted by atomic mass is 32.1. The Morgan fingerprint density at radius 3 is 1.18 bits per heavy atom. The van der Waals surface area contributed by atoms with Crippen LogP contribution in [0.2, 0.25) is 0 Å². The molecule has 0 N–H and O–H groups in total. The van der Waals surface area contributed by atoms with Crippen LogP contribution in [0.4, 0.5) is 0 Å². The number of aromatic nitrogens is 3. The molecule has 0 unspecified atom stereocenters. The smallest absolute Gasteiger partial charge is 0.247 e. The Labute approximate surface area is 156 Å². The van der Waals surface area contributed by atoms with Crippen molar-refractivity contribution in [2.75, 3.05) is 17.3 Å². The van der Waals surface area contributed by atoms with Crippen LogP contribution in [0, 0.1) is 0 Å². The van der Waals surface area contributed by atoms with Crippen LogP contribution in [-0.4, -0.2) is 32.1 Å². The average molecular weight is 394 g/mol. The monoisotopic (exact) mass is 393 g/mol. The number of nitrogens with zero attached hydrogens (tertiary/aromatic N) is 3. The fraction of sp³-hybridized carbons (Fsp3) is 0.750. The molecule has 6 nitrogen and oxygen atoms in total. The summed E-state index contributed by atoms with van der Waals surface area (Å²) in [6, 6.07) is 0. The third-order valence-corrected chi connectivity index (χ3v) is 3.95. The van der Waals surface area contributed by atoms with Gasteiger partial charge in [-0.3, -0.25) is 0 Å². The Morgan fingerprint density at radius 2 is 1.00 bits per heavy atom. The molecule has 0 aliphatic heterocycles. The molecule has 130 valence electrons. The first-order valence-electron chi connectivity index (χ1n) is 8.30. The van der Waals surface area contributed by atoms with Crippen molar-refractivity contribution >= 4 is 51.3 Å². The first-order valence-corrected chi connectivity index (χ1v) is 8.75. The SMILES string of the molecule is O=c1n(CCCS)c(=O)n(CCCS)c(=O)n1CCCS.[3H]S.[3H][3H]. The van der Waals surface area contributed by atoms with Crippen molar-refractivity contribution in [1.29, 1.82) is 1.12 Å². The third-order valence-electron chi connectivity index (χ3n) is 3.00. The van der Waals surface area contributed by atoms with Crippen LogP contribution in [-0.2, 0) is 19.6 Å². The molecule has 1 aromatic rings. The molecule has 0 saturated heterocycles. The molecule has 0 aromatic carbocycles. The molecule has 22 heavy (non-hydrogen) atoms. The van der Waals surface area contributed by atoms with Gasteiger partial charge in [-0.15, -0.1) is 0 Å². The maximum atomic E-state index is 12.3. The molecule has 0 amide bonds. The Kier molecular flexibility index (Phi) is 9.38. The van der Waals surface area contributed by atoms with E-state index in [-0.39, 0.29) is 19.6 Å². The van der Waals surface area contributed by atoms with E-state index in [0.717, 1.165) is 13.7 Å². The minimum atomic E-state index is -0.546. The second-order valence-corrected chi connectivity index (χ2v) is 5.88. The van der Waals surface area contributed by atoms with Crippen LogP contribution in [0.25, 0.3) is 0 Å². The van der Waals surface area contributed by atoms with Gasteiger partial charge in [-0.1, -0.05) is 0 Å². The maximum Gasteiger partial charge on any atom is 0.336 e.